The van der Waals surface area contributed by atoms with Crippen molar-refractivity contribution in [2.75, 3.05) is 0 Å². The van der Waals surface area contributed by atoms with Crippen LogP contribution in [0.5, 0.6) is 0 Å². The van der Waals surface area contributed by atoms with E-state index in [1.807, 2.05) is 0 Å². The molecule has 8 bridgehead atoms. The third-order valence-electron chi connectivity index (χ3n) is 10.7. The van der Waals surface area contributed by atoms with Gasteiger partial charge in [0.1, 0.15) is 0 Å². The van der Waals surface area contributed by atoms with E-state index in [2.05, 4.69) is 185 Å². The van der Waals surface area contributed by atoms with Crippen molar-refractivity contribution >= 4 is 46.4 Å². The van der Waals surface area contributed by atoms with Gasteiger partial charge in [0, 0.05) is 44.3 Å². The van der Waals surface area contributed by atoms with Crippen LogP contribution in [-0.2, 0) is 0 Å². The van der Waals surface area contributed by atoms with Crippen molar-refractivity contribution in [3.63, 3.8) is 0 Å². The van der Waals surface area contributed by atoms with E-state index in [9.17, 15) is 0 Å². The molecule has 3 aromatic heterocycles. The van der Waals surface area contributed by atoms with E-state index in [4.69, 9.17) is 9.97 Å². The maximum atomic E-state index is 5.49. The number of nitrogens with one attached hydrogen (secondary N) is 2. The van der Waals surface area contributed by atoms with Gasteiger partial charge in [0.05, 0.1) is 22.8 Å². The topological polar surface area (TPSA) is 57.4 Å². The predicted molar refractivity (Wildman–Crippen MR) is 229 cm³/mol. The fourth-order valence-electron chi connectivity index (χ4n) is 8.70. The lowest BCUT2D eigenvalue weighted by Gasteiger charge is -2.13. The summed E-state index contributed by atoms with van der Waals surface area (Å²) in [6, 6.07) is 39.1. The molecule has 0 radical (unpaired) electrons. The Morgan fingerprint density at radius 2 is 0.630 bits per heavy atom. The molecular weight excluding hydrogens is 657 g/mol. The Morgan fingerprint density at radius 1 is 0.333 bits per heavy atom. The molecule has 9 rings (SSSR count). The van der Waals surface area contributed by atoms with Crippen LogP contribution in [0.3, 0.4) is 0 Å². The van der Waals surface area contributed by atoms with Gasteiger partial charge in [-0.2, -0.15) is 0 Å². The maximum absolute atomic E-state index is 5.49. The molecule has 4 heteroatoms. The molecule has 0 saturated heterocycles. The van der Waals surface area contributed by atoms with Gasteiger partial charge >= 0.3 is 0 Å². The van der Waals surface area contributed by atoms with Crippen molar-refractivity contribution in [1.29, 1.82) is 0 Å². The van der Waals surface area contributed by atoms with Gasteiger partial charge in [0.2, 0.25) is 0 Å². The minimum atomic E-state index is 0.915. The molecular formula is C50H42N4. The lowest BCUT2D eigenvalue weighted by molar-refractivity contribution is 1.28. The smallest absolute Gasteiger partial charge is 0.0737 e. The highest BCUT2D eigenvalue weighted by molar-refractivity contribution is 6.00. The number of benzene rings is 4. The molecule has 54 heavy (non-hydrogen) atoms. The molecule has 4 nitrogen and oxygen atoms in total. The maximum Gasteiger partial charge on any atom is 0.0737 e. The molecule has 2 aliphatic rings. The standard InChI is InChI=1S/C50H42N4/c1-29-25-31(3)45(32(4)26-29)49-41-21-17-37(51-41)47(35-13-9-7-10-14-35)39-19-23-43(53-39)50(46-33(5)27-30(2)28-34(46)6)44-24-20-40(54-44)48(36-15-11-8-12-16-36)38-18-22-42(49)52-38/h7-28,51,54H,1-6H3. The van der Waals surface area contributed by atoms with Crippen molar-refractivity contribution in [3.8, 4) is 44.5 Å². The van der Waals surface area contributed by atoms with Gasteiger partial charge in [0.15, 0.2) is 0 Å². The van der Waals surface area contributed by atoms with Crippen LogP contribution in [0.25, 0.3) is 90.9 Å². The fraction of sp³-hybridized carbons (Fsp3) is 0.120. The van der Waals surface area contributed by atoms with Gasteiger partial charge in [-0.05, 0) is 135 Å². The molecule has 0 amide bonds. The summed E-state index contributed by atoms with van der Waals surface area (Å²) in [5.74, 6) is 0. The summed E-state index contributed by atoms with van der Waals surface area (Å²) in [5.41, 5.74) is 23.9. The summed E-state index contributed by atoms with van der Waals surface area (Å²) in [7, 11) is 0. The lowest BCUT2D eigenvalue weighted by Crippen LogP contribution is -1.94. The summed E-state index contributed by atoms with van der Waals surface area (Å²) < 4.78 is 0. The molecule has 0 aliphatic carbocycles. The Kier molecular flexibility index (Phi) is 8.12. The quantitative estimate of drug-likeness (QED) is 0.192. The van der Waals surface area contributed by atoms with E-state index in [1.165, 1.54) is 44.5 Å². The van der Waals surface area contributed by atoms with Crippen LogP contribution >= 0.6 is 0 Å². The van der Waals surface area contributed by atoms with Crippen molar-refractivity contribution in [2.45, 2.75) is 41.5 Å². The molecule has 4 aromatic carbocycles. The summed E-state index contributed by atoms with van der Waals surface area (Å²) >= 11 is 0. The average Bonchev–Trinajstić information content (AvgIpc) is 3.98. The largest absolute Gasteiger partial charge is 0.354 e. The second-order valence-electron chi connectivity index (χ2n) is 14.8. The SMILES string of the molecule is Cc1cc(C)c(-c2c3nc(c(-c4ccccc4)c4ccc([nH]4)c(-c4c(C)cc(C)cc4C)c4nc(c(-c5ccccc5)c5ccc2[nH]5)C=C4)C=C3)c(C)c1. The number of aromatic amines is 2. The van der Waals surface area contributed by atoms with E-state index in [0.717, 1.165) is 78.2 Å². The number of H-pyrrole nitrogens is 2. The number of rotatable bonds is 4. The molecule has 0 atom stereocenters. The second kappa shape index (κ2) is 13.2. The zero-order valence-corrected chi connectivity index (χ0v) is 31.6. The van der Waals surface area contributed by atoms with Crippen LogP contribution in [0.1, 0.15) is 56.2 Å². The molecule has 0 spiro atoms. The van der Waals surface area contributed by atoms with Crippen LogP contribution in [-0.4, -0.2) is 19.9 Å². The fourth-order valence-corrected chi connectivity index (χ4v) is 8.70. The van der Waals surface area contributed by atoms with Crippen molar-refractivity contribution < 1.29 is 0 Å². The molecule has 262 valence electrons. The number of nitrogens with zero attached hydrogens (tertiary/aromatic N) is 2. The van der Waals surface area contributed by atoms with Crippen molar-refractivity contribution in [1.82, 2.24) is 19.9 Å². The van der Waals surface area contributed by atoms with Crippen LogP contribution in [0.2, 0.25) is 0 Å². The highest BCUT2D eigenvalue weighted by atomic mass is 14.8. The van der Waals surface area contributed by atoms with E-state index >= 15 is 0 Å². The summed E-state index contributed by atoms with van der Waals surface area (Å²) in [6.45, 7) is 13.2. The zero-order chi connectivity index (χ0) is 37.1. The summed E-state index contributed by atoms with van der Waals surface area (Å²) in [4.78, 5) is 18.8. The van der Waals surface area contributed by atoms with E-state index in [0.29, 0.717) is 0 Å². The average molecular weight is 699 g/mol. The van der Waals surface area contributed by atoms with Gasteiger partial charge in [-0.25, -0.2) is 9.97 Å². The highest BCUT2D eigenvalue weighted by Crippen LogP contribution is 2.41. The molecule has 2 N–H and O–H groups in total. The second-order valence-corrected chi connectivity index (χ2v) is 14.8. The van der Waals surface area contributed by atoms with E-state index in [-0.39, 0.29) is 0 Å². The summed E-state index contributed by atoms with van der Waals surface area (Å²) in [6.07, 6.45) is 8.70. The highest BCUT2D eigenvalue weighted by Gasteiger charge is 2.21. The van der Waals surface area contributed by atoms with Crippen LogP contribution < -0.4 is 0 Å². The molecule has 0 unspecified atom stereocenters. The monoisotopic (exact) mass is 698 g/mol. The minimum absolute atomic E-state index is 0.915. The third kappa shape index (κ3) is 5.71. The van der Waals surface area contributed by atoms with Crippen molar-refractivity contribution in [2.24, 2.45) is 0 Å². The zero-order valence-electron chi connectivity index (χ0n) is 31.6. The number of aryl methyl sites for hydroxylation is 6. The molecule has 0 saturated carbocycles. The Bertz CT molecular complexity index is 2620. The number of hydrogen-bond donors (Lipinski definition) is 2. The number of hydrogen-bond acceptors (Lipinski definition) is 2. The Hall–Kier alpha value is -6.52. The predicted octanol–water partition coefficient (Wildman–Crippen LogP) is 13.2. The van der Waals surface area contributed by atoms with Crippen LogP contribution in [0, 0.1) is 41.5 Å². The molecule has 0 fully saturated rings. The normalized spacial score (nSPS) is 12.1. The van der Waals surface area contributed by atoms with Crippen LogP contribution in [0.4, 0.5) is 0 Å². The van der Waals surface area contributed by atoms with Crippen molar-refractivity contribution in [3.05, 3.63) is 165 Å². The minimum Gasteiger partial charge on any atom is -0.354 e. The molecule has 5 heterocycles. The molecule has 2 aliphatic heterocycles. The van der Waals surface area contributed by atoms with E-state index in [1.54, 1.807) is 0 Å². The van der Waals surface area contributed by atoms with Crippen LogP contribution in [0.15, 0.2) is 109 Å². The first-order chi connectivity index (χ1) is 26.2. The number of fused-ring (bicyclic) bond motifs is 8. The Morgan fingerprint density at radius 3 is 0.963 bits per heavy atom. The Labute approximate surface area is 316 Å². The molecule has 7 aromatic rings. The van der Waals surface area contributed by atoms with Gasteiger partial charge in [-0.15, -0.1) is 0 Å². The Balaban J connectivity index is 1.51. The van der Waals surface area contributed by atoms with Gasteiger partial charge < -0.3 is 9.97 Å². The lowest BCUT2D eigenvalue weighted by atomic mass is 9.92. The first-order valence-electron chi connectivity index (χ1n) is 18.7. The first-order valence-corrected chi connectivity index (χ1v) is 18.7. The van der Waals surface area contributed by atoms with Gasteiger partial charge in [0.25, 0.3) is 0 Å². The third-order valence-corrected chi connectivity index (χ3v) is 10.7. The summed E-state index contributed by atoms with van der Waals surface area (Å²) in [5, 5.41) is 0. The number of aromatic nitrogens is 4. The first kappa shape index (κ1) is 33.3. The van der Waals surface area contributed by atoms with E-state index < -0.39 is 0 Å². The van der Waals surface area contributed by atoms with Gasteiger partial charge in [-0.1, -0.05) is 96.1 Å². The van der Waals surface area contributed by atoms with Gasteiger partial charge in [-0.3, -0.25) is 0 Å².